The summed E-state index contributed by atoms with van der Waals surface area (Å²) < 4.78 is 0. The van der Waals surface area contributed by atoms with Crippen molar-refractivity contribution in [1.82, 2.24) is 10.3 Å². The molecule has 1 aliphatic rings. The number of hydrogen-bond donors (Lipinski definition) is 1. The molecule has 1 unspecified atom stereocenters. The predicted octanol–water partition coefficient (Wildman–Crippen LogP) is 2.35. The van der Waals surface area contributed by atoms with Crippen LogP contribution in [0.4, 0.5) is 5.82 Å². The Morgan fingerprint density at radius 1 is 1.44 bits per heavy atom. The Kier molecular flexibility index (Phi) is 3.78. The van der Waals surface area contributed by atoms with Crippen molar-refractivity contribution in [2.45, 2.75) is 32.7 Å². The molecule has 0 spiro atoms. The maximum absolute atomic E-state index is 4.55. The van der Waals surface area contributed by atoms with Crippen LogP contribution in [-0.2, 0) is 0 Å². The molecule has 3 nitrogen and oxygen atoms in total. The first-order valence-corrected chi connectivity index (χ1v) is 6.26. The minimum Gasteiger partial charge on any atom is -0.356 e. The molecule has 0 aromatic carbocycles. The average Bonchev–Trinajstić information content (AvgIpc) is 2.83. The van der Waals surface area contributed by atoms with E-state index in [2.05, 4.69) is 35.1 Å². The largest absolute Gasteiger partial charge is 0.356 e. The van der Waals surface area contributed by atoms with Gasteiger partial charge in [-0.3, -0.25) is 0 Å². The number of hydrogen-bond acceptors (Lipinski definition) is 3. The maximum atomic E-state index is 4.55. The second kappa shape index (κ2) is 5.30. The van der Waals surface area contributed by atoms with Gasteiger partial charge in [0.2, 0.25) is 0 Å². The third kappa shape index (κ3) is 2.35. The Morgan fingerprint density at radius 2 is 2.19 bits per heavy atom. The molecule has 0 radical (unpaired) electrons. The van der Waals surface area contributed by atoms with Gasteiger partial charge in [-0.25, -0.2) is 4.98 Å². The van der Waals surface area contributed by atoms with E-state index in [0.717, 1.165) is 19.6 Å². The van der Waals surface area contributed by atoms with Gasteiger partial charge in [0.25, 0.3) is 0 Å². The average molecular weight is 219 g/mol. The molecule has 0 saturated carbocycles. The molecular formula is C13H21N3. The molecule has 1 saturated heterocycles. The molecule has 1 fully saturated rings. The summed E-state index contributed by atoms with van der Waals surface area (Å²) in [5.74, 6) is 1.17. The van der Waals surface area contributed by atoms with Gasteiger partial charge in [-0.15, -0.1) is 0 Å². The van der Waals surface area contributed by atoms with E-state index in [1.54, 1.807) is 0 Å². The van der Waals surface area contributed by atoms with Gasteiger partial charge in [-0.05, 0) is 32.4 Å². The van der Waals surface area contributed by atoms with Crippen LogP contribution in [0.2, 0.25) is 0 Å². The summed E-state index contributed by atoms with van der Waals surface area (Å²) >= 11 is 0. The van der Waals surface area contributed by atoms with Gasteiger partial charge in [0, 0.05) is 30.9 Å². The highest BCUT2D eigenvalue weighted by Gasteiger charge is 2.18. The highest BCUT2D eigenvalue weighted by atomic mass is 15.2. The lowest BCUT2D eigenvalue weighted by Gasteiger charge is -2.23. The van der Waals surface area contributed by atoms with Crippen molar-refractivity contribution in [2.75, 3.05) is 24.5 Å². The summed E-state index contributed by atoms with van der Waals surface area (Å²) in [6, 6.07) is 4.60. The lowest BCUT2D eigenvalue weighted by Crippen LogP contribution is -2.25. The van der Waals surface area contributed by atoms with Crippen molar-refractivity contribution in [1.29, 1.82) is 0 Å². The quantitative estimate of drug-likeness (QED) is 0.842. The number of aromatic nitrogens is 1. The van der Waals surface area contributed by atoms with Gasteiger partial charge in [0.05, 0.1) is 0 Å². The highest BCUT2D eigenvalue weighted by Crippen LogP contribution is 2.26. The molecule has 1 aromatic heterocycles. The maximum Gasteiger partial charge on any atom is 0.133 e. The summed E-state index contributed by atoms with van der Waals surface area (Å²) in [6.45, 7) is 7.66. The fraction of sp³-hybridized carbons (Fsp3) is 0.615. The first-order valence-electron chi connectivity index (χ1n) is 6.26. The van der Waals surface area contributed by atoms with Gasteiger partial charge < -0.3 is 10.2 Å². The molecule has 2 rings (SSSR count). The van der Waals surface area contributed by atoms with E-state index in [4.69, 9.17) is 0 Å². The second-order valence-corrected chi connectivity index (χ2v) is 4.39. The van der Waals surface area contributed by atoms with Gasteiger partial charge >= 0.3 is 0 Å². The Morgan fingerprint density at radius 3 is 2.88 bits per heavy atom. The standard InChI is InChI=1S/C13H21N3/c1-3-14-11(2)12-7-6-8-15-13(12)16-9-4-5-10-16/h6-8,11,14H,3-5,9-10H2,1-2H3. The third-order valence-electron chi connectivity index (χ3n) is 3.20. The third-order valence-corrected chi connectivity index (χ3v) is 3.20. The smallest absolute Gasteiger partial charge is 0.133 e. The monoisotopic (exact) mass is 219 g/mol. The normalized spacial score (nSPS) is 17.8. The van der Waals surface area contributed by atoms with E-state index < -0.39 is 0 Å². The number of anilines is 1. The summed E-state index contributed by atoms with van der Waals surface area (Å²) in [4.78, 5) is 6.96. The number of pyridine rings is 1. The Balaban J connectivity index is 2.22. The van der Waals surface area contributed by atoms with E-state index in [9.17, 15) is 0 Å². The molecule has 0 bridgehead atoms. The molecule has 88 valence electrons. The fourth-order valence-electron chi connectivity index (χ4n) is 2.36. The van der Waals surface area contributed by atoms with E-state index in [1.807, 2.05) is 12.3 Å². The lowest BCUT2D eigenvalue weighted by atomic mass is 10.1. The number of nitrogens with one attached hydrogen (secondary N) is 1. The Bertz CT molecular complexity index is 332. The zero-order valence-corrected chi connectivity index (χ0v) is 10.2. The topological polar surface area (TPSA) is 28.2 Å². The molecule has 1 N–H and O–H groups in total. The van der Waals surface area contributed by atoms with Crippen molar-refractivity contribution in [3.63, 3.8) is 0 Å². The van der Waals surface area contributed by atoms with Crippen LogP contribution in [0.1, 0.15) is 38.3 Å². The van der Waals surface area contributed by atoms with E-state index in [0.29, 0.717) is 6.04 Å². The second-order valence-electron chi connectivity index (χ2n) is 4.39. The van der Waals surface area contributed by atoms with E-state index >= 15 is 0 Å². The van der Waals surface area contributed by atoms with Crippen LogP contribution in [0.15, 0.2) is 18.3 Å². The van der Waals surface area contributed by atoms with Gasteiger partial charge in [0.15, 0.2) is 0 Å². The SMILES string of the molecule is CCNC(C)c1cccnc1N1CCCC1. The van der Waals surface area contributed by atoms with Gasteiger partial charge in [-0.2, -0.15) is 0 Å². The van der Waals surface area contributed by atoms with Crippen molar-refractivity contribution in [3.8, 4) is 0 Å². The lowest BCUT2D eigenvalue weighted by molar-refractivity contribution is 0.595. The summed E-state index contributed by atoms with van der Waals surface area (Å²) in [5, 5.41) is 3.46. The summed E-state index contributed by atoms with van der Waals surface area (Å²) in [7, 11) is 0. The highest BCUT2D eigenvalue weighted by molar-refractivity contribution is 5.48. The molecule has 3 heteroatoms. The van der Waals surface area contributed by atoms with Crippen molar-refractivity contribution >= 4 is 5.82 Å². The fourth-order valence-corrected chi connectivity index (χ4v) is 2.36. The van der Waals surface area contributed by atoms with Crippen LogP contribution >= 0.6 is 0 Å². The molecule has 0 aliphatic carbocycles. The molecule has 2 heterocycles. The van der Waals surface area contributed by atoms with Crippen LogP contribution in [0, 0.1) is 0 Å². The van der Waals surface area contributed by atoms with Gasteiger partial charge in [0.1, 0.15) is 5.82 Å². The molecule has 16 heavy (non-hydrogen) atoms. The van der Waals surface area contributed by atoms with Crippen LogP contribution < -0.4 is 10.2 Å². The number of rotatable bonds is 4. The van der Waals surface area contributed by atoms with Crippen LogP contribution in [-0.4, -0.2) is 24.6 Å². The van der Waals surface area contributed by atoms with Crippen molar-refractivity contribution in [3.05, 3.63) is 23.9 Å². The molecule has 1 atom stereocenters. The van der Waals surface area contributed by atoms with E-state index in [-0.39, 0.29) is 0 Å². The minimum atomic E-state index is 0.384. The minimum absolute atomic E-state index is 0.384. The molecular weight excluding hydrogens is 198 g/mol. The molecule has 0 amide bonds. The molecule has 1 aromatic rings. The summed E-state index contributed by atoms with van der Waals surface area (Å²) in [5.41, 5.74) is 1.33. The number of nitrogens with zero attached hydrogens (tertiary/aromatic N) is 2. The Labute approximate surface area is 97.9 Å². The zero-order chi connectivity index (χ0) is 11.4. The first kappa shape index (κ1) is 11.4. The van der Waals surface area contributed by atoms with Crippen LogP contribution in [0.3, 0.4) is 0 Å². The Hall–Kier alpha value is -1.09. The van der Waals surface area contributed by atoms with Gasteiger partial charge in [-0.1, -0.05) is 13.0 Å². The van der Waals surface area contributed by atoms with Crippen LogP contribution in [0.5, 0.6) is 0 Å². The predicted molar refractivity (Wildman–Crippen MR) is 67.8 cm³/mol. The van der Waals surface area contributed by atoms with Crippen molar-refractivity contribution in [2.24, 2.45) is 0 Å². The van der Waals surface area contributed by atoms with Crippen molar-refractivity contribution < 1.29 is 0 Å². The first-order chi connectivity index (χ1) is 7.83. The molecule has 1 aliphatic heterocycles. The van der Waals surface area contributed by atoms with Crippen LogP contribution in [0.25, 0.3) is 0 Å². The zero-order valence-electron chi connectivity index (χ0n) is 10.2. The van der Waals surface area contributed by atoms with E-state index in [1.165, 1.54) is 24.2 Å². The summed E-state index contributed by atoms with van der Waals surface area (Å²) in [6.07, 6.45) is 4.49.